The Morgan fingerprint density at radius 2 is 1.94 bits per heavy atom. The minimum absolute atomic E-state index is 0.0916. The summed E-state index contributed by atoms with van der Waals surface area (Å²) in [6.07, 6.45) is 0. The maximum absolute atomic E-state index is 13.3. The zero-order chi connectivity index (χ0) is 13.1. The molecule has 0 aliphatic heterocycles. The molecular formula is C11H17FN2O2S. The van der Waals surface area contributed by atoms with Crippen molar-refractivity contribution in [3.05, 3.63) is 30.1 Å². The van der Waals surface area contributed by atoms with E-state index in [0.29, 0.717) is 0 Å². The molecule has 0 saturated heterocycles. The molecule has 1 rings (SSSR count). The first-order chi connectivity index (χ1) is 7.84. The van der Waals surface area contributed by atoms with Crippen LogP contribution in [0.1, 0.15) is 13.8 Å². The van der Waals surface area contributed by atoms with E-state index < -0.39 is 15.8 Å². The highest BCUT2D eigenvalue weighted by Gasteiger charge is 2.19. The van der Waals surface area contributed by atoms with E-state index >= 15 is 0 Å². The lowest BCUT2D eigenvalue weighted by Gasteiger charge is -2.16. The topological polar surface area (TPSA) is 72.2 Å². The Hall–Kier alpha value is -0.980. The van der Waals surface area contributed by atoms with Crippen LogP contribution in [-0.4, -0.2) is 21.0 Å². The Labute approximate surface area is 101 Å². The van der Waals surface area contributed by atoms with Gasteiger partial charge in [-0.3, -0.25) is 0 Å². The van der Waals surface area contributed by atoms with Crippen LogP contribution in [-0.2, 0) is 10.0 Å². The van der Waals surface area contributed by atoms with Crippen LogP contribution >= 0.6 is 0 Å². The summed E-state index contributed by atoms with van der Waals surface area (Å²) < 4.78 is 39.2. The second-order valence-electron chi connectivity index (χ2n) is 4.19. The summed E-state index contributed by atoms with van der Waals surface area (Å²) in [4.78, 5) is -0.351. The molecule has 0 bridgehead atoms. The first-order valence-corrected chi connectivity index (χ1v) is 6.82. The number of halogens is 1. The number of hydrogen-bond acceptors (Lipinski definition) is 3. The average molecular weight is 260 g/mol. The molecule has 4 nitrogen and oxygen atoms in total. The van der Waals surface area contributed by atoms with E-state index in [0.717, 1.165) is 6.07 Å². The number of benzene rings is 1. The summed E-state index contributed by atoms with van der Waals surface area (Å²) in [6.45, 7) is 3.87. The highest BCUT2D eigenvalue weighted by atomic mass is 32.2. The van der Waals surface area contributed by atoms with Gasteiger partial charge in [0.2, 0.25) is 10.0 Å². The van der Waals surface area contributed by atoms with Crippen molar-refractivity contribution in [3.8, 4) is 0 Å². The van der Waals surface area contributed by atoms with Gasteiger partial charge in [0.1, 0.15) is 10.7 Å². The summed E-state index contributed by atoms with van der Waals surface area (Å²) in [5.41, 5.74) is 5.72. The highest BCUT2D eigenvalue weighted by Crippen LogP contribution is 2.13. The monoisotopic (exact) mass is 260 g/mol. The Balaban J connectivity index is 2.80. The van der Waals surface area contributed by atoms with Crippen molar-refractivity contribution in [3.63, 3.8) is 0 Å². The lowest BCUT2D eigenvalue weighted by atomic mass is 10.1. The fraction of sp³-hybridized carbons (Fsp3) is 0.455. The quantitative estimate of drug-likeness (QED) is 0.832. The van der Waals surface area contributed by atoms with E-state index in [9.17, 15) is 12.8 Å². The Morgan fingerprint density at radius 3 is 2.47 bits per heavy atom. The lowest BCUT2D eigenvalue weighted by molar-refractivity contribution is 0.480. The molecular weight excluding hydrogens is 243 g/mol. The van der Waals surface area contributed by atoms with Crippen molar-refractivity contribution >= 4 is 10.0 Å². The van der Waals surface area contributed by atoms with Crippen LogP contribution in [0.5, 0.6) is 0 Å². The minimum atomic E-state index is -3.82. The number of hydrogen-bond donors (Lipinski definition) is 2. The normalized spacial score (nSPS) is 13.9. The Bertz CT molecular complexity index is 474. The fourth-order valence-electron chi connectivity index (χ4n) is 1.18. The van der Waals surface area contributed by atoms with E-state index in [1.807, 2.05) is 13.8 Å². The van der Waals surface area contributed by atoms with Gasteiger partial charge in [-0.05, 0) is 18.1 Å². The third kappa shape index (κ3) is 3.76. The molecule has 1 aromatic carbocycles. The molecule has 3 N–H and O–H groups in total. The van der Waals surface area contributed by atoms with Gasteiger partial charge in [0.05, 0.1) is 0 Å². The van der Waals surface area contributed by atoms with Gasteiger partial charge in [-0.2, -0.15) is 0 Å². The first kappa shape index (κ1) is 14.1. The summed E-state index contributed by atoms with van der Waals surface area (Å²) in [5.74, 6) is -0.614. The maximum atomic E-state index is 13.3. The first-order valence-electron chi connectivity index (χ1n) is 5.34. The van der Waals surface area contributed by atoms with Crippen LogP contribution in [0.25, 0.3) is 0 Å². The molecule has 0 fully saturated rings. The van der Waals surface area contributed by atoms with Gasteiger partial charge < -0.3 is 5.73 Å². The van der Waals surface area contributed by atoms with Crippen LogP contribution in [0.4, 0.5) is 4.39 Å². The van der Waals surface area contributed by atoms with Crippen molar-refractivity contribution in [1.29, 1.82) is 0 Å². The fourth-order valence-corrected chi connectivity index (χ4v) is 2.33. The predicted molar refractivity (Wildman–Crippen MR) is 64.4 cm³/mol. The SMILES string of the molecule is CC(C)C(N)CNS(=O)(=O)c1ccccc1F. The molecule has 0 radical (unpaired) electrons. The standard InChI is InChI=1S/C11H17FN2O2S/c1-8(2)10(13)7-14-17(15,16)11-6-4-3-5-9(11)12/h3-6,8,10,14H,7,13H2,1-2H3. The van der Waals surface area contributed by atoms with Crippen molar-refractivity contribution in [2.45, 2.75) is 24.8 Å². The average Bonchev–Trinajstić information content (AvgIpc) is 2.26. The van der Waals surface area contributed by atoms with Gasteiger partial charge in [-0.15, -0.1) is 0 Å². The zero-order valence-corrected chi connectivity index (χ0v) is 10.7. The number of nitrogens with two attached hydrogens (primary N) is 1. The van der Waals surface area contributed by atoms with Crippen LogP contribution in [0.15, 0.2) is 29.2 Å². The van der Waals surface area contributed by atoms with Crippen LogP contribution in [0.3, 0.4) is 0 Å². The van der Waals surface area contributed by atoms with Crippen LogP contribution < -0.4 is 10.5 Å². The molecule has 0 aliphatic rings. The predicted octanol–water partition coefficient (Wildman–Crippen LogP) is 1.09. The van der Waals surface area contributed by atoms with Gasteiger partial charge >= 0.3 is 0 Å². The minimum Gasteiger partial charge on any atom is -0.326 e. The van der Waals surface area contributed by atoms with Gasteiger partial charge in [-0.25, -0.2) is 17.5 Å². The van der Waals surface area contributed by atoms with Gasteiger partial charge in [-0.1, -0.05) is 26.0 Å². The van der Waals surface area contributed by atoms with Gasteiger partial charge in [0.25, 0.3) is 0 Å². The molecule has 1 unspecified atom stereocenters. The summed E-state index contributed by atoms with van der Waals surface area (Å²) in [7, 11) is -3.82. The van der Waals surface area contributed by atoms with Crippen molar-refractivity contribution in [1.82, 2.24) is 4.72 Å². The molecule has 17 heavy (non-hydrogen) atoms. The van der Waals surface area contributed by atoms with Crippen molar-refractivity contribution in [2.24, 2.45) is 11.7 Å². The molecule has 0 saturated carbocycles. The summed E-state index contributed by atoms with van der Waals surface area (Å²) in [6, 6.07) is 4.94. The van der Waals surface area contributed by atoms with E-state index in [1.54, 1.807) is 0 Å². The lowest BCUT2D eigenvalue weighted by Crippen LogP contribution is -2.40. The number of rotatable bonds is 5. The third-order valence-electron chi connectivity index (χ3n) is 2.49. The smallest absolute Gasteiger partial charge is 0.243 e. The molecule has 96 valence electrons. The number of sulfonamides is 1. The van der Waals surface area contributed by atoms with E-state index in [2.05, 4.69) is 4.72 Å². The summed E-state index contributed by atoms with van der Waals surface area (Å²) in [5, 5.41) is 0. The largest absolute Gasteiger partial charge is 0.326 e. The molecule has 0 heterocycles. The second kappa shape index (κ2) is 5.57. The van der Waals surface area contributed by atoms with Gasteiger partial charge in [0.15, 0.2) is 0 Å². The Kier molecular flexibility index (Phi) is 4.62. The third-order valence-corrected chi connectivity index (χ3v) is 3.95. The summed E-state index contributed by atoms with van der Waals surface area (Å²) >= 11 is 0. The van der Waals surface area contributed by atoms with Crippen molar-refractivity contribution < 1.29 is 12.8 Å². The Morgan fingerprint density at radius 1 is 1.35 bits per heavy atom. The second-order valence-corrected chi connectivity index (χ2v) is 5.93. The van der Waals surface area contributed by atoms with E-state index in [-0.39, 0.29) is 23.4 Å². The maximum Gasteiger partial charge on any atom is 0.243 e. The zero-order valence-electron chi connectivity index (χ0n) is 9.85. The van der Waals surface area contributed by atoms with Crippen LogP contribution in [0, 0.1) is 11.7 Å². The van der Waals surface area contributed by atoms with E-state index in [1.165, 1.54) is 18.2 Å². The molecule has 6 heteroatoms. The molecule has 1 aromatic rings. The molecule has 0 aromatic heterocycles. The van der Waals surface area contributed by atoms with Crippen LogP contribution in [0.2, 0.25) is 0 Å². The van der Waals surface area contributed by atoms with Gasteiger partial charge in [0, 0.05) is 12.6 Å². The molecule has 0 aliphatic carbocycles. The number of nitrogens with one attached hydrogen (secondary N) is 1. The van der Waals surface area contributed by atoms with E-state index in [4.69, 9.17) is 5.73 Å². The van der Waals surface area contributed by atoms with Crippen molar-refractivity contribution in [2.75, 3.05) is 6.54 Å². The molecule has 0 amide bonds. The molecule has 1 atom stereocenters. The highest BCUT2D eigenvalue weighted by molar-refractivity contribution is 7.89. The molecule has 0 spiro atoms.